The van der Waals surface area contributed by atoms with Crippen molar-refractivity contribution in [2.75, 3.05) is 65.1 Å². The smallest absolute Gasteiger partial charge is 0.233 e. The van der Waals surface area contributed by atoms with Gasteiger partial charge in [0.1, 0.15) is 27.5 Å². The maximum absolute atomic E-state index is 13.6. The van der Waals surface area contributed by atoms with Crippen LogP contribution in [0.5, 0.6) is 17.2 Å². The Morgan fingerprint density at radius 2 is 1.80 bits per heavy atom. The number of benzene rings is 2. The molecule has 9 heteroatoms. The Balaban J connectivity index is 1.57. The molecule has 0 atom stereocenters. The Morgan fingerprint density at radius 1 is 1.09 bits per heavy atom. The van der Waals surface area contributed by atoms with Crippen LogP contribution in [0.2, 0.25) is 0 Å². The van der Waals surface area contributed by atoms with Gasteiger partial charge in [-0.1, -0.05) is 23.5 Å². The summed E-state index contributed by atoms with van der Waals surface area (Å²) in [5.41, 5.74) is 1.65. The molecular weight excluding hydrogens is 466 g/mol. The summed E-state index contributed by atoms with van der Waals surface area (Å²) >= 11 is 1.46. The van der Waals surface area contributed by atoms with Gasteiger partial charge in [0.2, 0.25) is 5.91 Å². The van der Waals surface area contributed by atoms with Crippen LogP contribution in [-0.4, -0.2) is 76.0 Å². The Labute approximate surface area is 210 Å². The van der Waals surface area contributed by atoms with Crippen LogP contribution in [0.3, 0.4) is 0 Å². The number of methoxy groups -OCH3 is 2. The van der Waals surface area contributed by atoms with E-state index in [0.717, 1.165) is 61.0 Å². The first-order chi connectivity index (χ1) is 17.1. The SMILES string of the molecule is CCOc1ccc(CC(=O)N(CCCN2CCOCC2)c2nc3c(OC)ccc(OC)c3s2)cc1. The number of anilines is 1. The van der Waals surface area contributed by atoms with E-state index < -0.39 is 0 Å². The summed E-state index contributed by atoms with van der Waals surface area (Å²) in [5, 5.41) is 0.653. The average molecular weight is 500 g/mol. The molecule has 1 aromatic heterocycles. The fraction of sp³-hybridized carbons (Fsp3) is 0.462. The van der Waals surface area contributed by atoms with Crippen molar-refractivity contribution in [3.63, 3.8) is 0 Å². The second-order valence-corrected chi connectivity index (χ2v) is 9.23. The van der Waals surface area contributed by atoms with Crippen molar-refractivity contribution in [2.24, 2.45) is 0 Å². The van der Waals surface area contributed by atoms with Gasteiger partial charge in [-0.15, -0.1) is 0 Å². The molecule has 188 valence electrons. The first kappa shape index (κ1) is 25.2. The highest BCUT2D eigenvalue weighted by Gasteiger charge is 2.23. The summed E-state index contributed by atoms with van der Waals surface area (Å²) in [5.74, 6) is 2.19. The standard InChI is InChI=1S/C26H33N3O5S/c1-4-34-20-8-6-19(7-9-20)18-23(30)29(13-5-12-28-14-16-33-17-15-28)26-27-24-21(31-2)10-11-22(32-3)25(24)35-26/h6-11H,4-5,12-18H2,1-3H3. The molecule has 2 heterocycles. The van der Waals surface area contributed by atoms with Crippen molar-refractivity contribution in [2.45, 2.75) is 19.8 Å². The van der Waals surface area contributed by atoms with Gasteiger partial charge in [-0.05, 0) is 43.2 Å². The first-order valence-electron chi connectivity index (χ1n) is 12.0. The molecule has 2 aromatic carbocycles. The molecular formula is C26H33N3O5S. The summed E-state index contributed by atoms with van der Waals surface area (Å²) in [6.07, 6.45) is 1.13. The van der Waals surface area contributed by atoms with Gasteiger partial charge in [-0.3, -0.25) is 14.6 Å². The molecule has 1 saturated heterocycles. The number of carbonyl (C=O) groups is 1. The zero-order chi connectivity index (χ0) is 24.6. The Hall–Kier alpha value is -2.88. The third-order valence-electron chi connectivity index (χ3n) is 5.98. The lowest BCUT2D eigenvalue weighted by atomic mass is 10.1. The van der Waals surface area contributed by atoms with Crippen LogP contribution in [-0.2, 0) is 16.0 Å². The molecule has 1 aliphatic heterocycles. The van der Waals surface area contributed by atoms with E-state index in [1.807, 2.05) is 43.3 Å². The van der Waals surface area contributed by atoms with Gasteiger partial charge in [0.05, 0.1) is 40.5 Å². The average Bonchev–Trinajstić information content (AvgIpc) is 3.33. The molecule has 0 saturated carbocycles. The normalized spacial score (nSPS) is 14.1. The maximum atomic E-state index is 13.6. The van der Waals surface area contributed by atoms with Crippen LogP contribution < -0.4 is 19.1 Å². The number of hydrogen-bond acceptors (Lipinski definition) is 8. The minimum Gasteiger partial charge on any atom is -0.495 e. The van der Waals surface area contributed by atoms with Crippen molar-refractivity contribution in [1.29, 1.82) is 0 Å². The van der Waals surface area contributed by atoms with E-state index in [4.69, 9.17) is 23.9 Å². The number of rotatable bonds is 11. The zero-order valence-electron chi connectivity index (χ0n) is 20.6. The Bertz CT molecular complexity index is 1070. The minimum atomic E-state index is 0.00753. The molecule has 35 heavy (non-hydrogen) atoms. The highest BCUT2D eigenvalue weighted by Crippen LogP contribution is 2.40. The number of aromatic nitrogens is 1. The predicted molar refractivity (Wildman–Crippen MR) is 138 cm³/mol. The number of amides is 1. The number of hydrogen-bond donors (Lipinski definition) is 0. The number of ether oxygens (including phenoxy) is 4. The van der Waals surface area contributed by atoms with Crippen LogP contribution in [0.1, 0.15) is 18.9 Å². The number of fused-ring (bicyclic) bond motifs is 1. The topological polar surface area (TPSA) is 73.4 Å². The molecule has 0 aliphatic carbocycles. The highest BCUT2D eigenvalue weighted by atomic mass is 32.1. The summed E-state index contributed by atoms with van der Waals surface area (Å²) in [4.78, 5) is 22.6. The largest absolute Gasteiger partial charge is 0.495 e. The number of thiazole rings is 1. The highest BCUT2D eigenvalue weighted by molar-refractivity contribution is 7.22. The van der Waals surface area contributed by atoms with E-state index in [2.05, 4.69) is 4.90 Å². The third-order valence-corrected chi connectivity index (χ3v) is 7.07. The van der Waals surface area contributed by atoms with Crippen LogP contribution >= 0.6 is 11.3 Å². The van der Waals surface area contributed by atoms with Crippen molar-refractivity contribution in [3.05, 3.63) is 42.0 Å². The fourth-order valence-electron chi connectivity index (χ4n) is 4.13. The van der Waals surface area contributed by atoms with Gasteiger partial charge in [-0.25, -0.2) is 4.98 Å². The van der Waals surface area contributed by atoms with E-state index >= 15 is 0 Å². The second kappa shape index (κ2) is 12.2. The van der Waals surface area contributed by atoms with Gasteiger partial charge in [0, 0.05) is 26.2 Å². The number of carbonyl (C=O) groups excluding carboxylic acids is 1. The molecule has 8 nitrogen and oxygen atoms in total. The lowest BCUT2D eigenvalue weighted by molar-refractivity contribution is -0.118. The van der Waals surface area contributed by atoms with E-state index in [1.165, 1.54) is 11.3 Å². The van der Waals surface area contributed by atoms with E-state index in [0.29, 0.717) is 29.5 Å². The molecule has 1 fully saturated rings. The molecule has 1 amide bonds. The van der Waals surface area contributed by atoms with E-state index in [1.54, 1.807) is 19.1 Å². The molecule has 3 aromatic rings. The molecule has 0 unspecified atom stereocenters. The van der Waals surface area contributed by atoms with Crippen molar-refractivity contribution in [3.8, 4) is 17.2 Å². The maximum Gasteiger partial charge on any atom is 0.233 e. The monoisotopic (exact) mass is 499 g/mol. The van der Waals surface area contributed by atoms with Gasteiger partial charge in [-0.2, -0.15) is 0 Å². The molecule has 0 bridgehead atoms. The zero-order valence-corrected chi connectivity index (χ0v) is 21.4. The fourth-order valence-corrected chi connectivity index (χ4v) is 5.25. The molecule has 4 rings (SSSR count). The van der Waals surface area contributed by atoms with Crippen LogP contribution in [0, 0.1) is 0 Å². The lowest BCUT2D eigenvalue weighted by Gasteiger charge is -2.27. The Kier molecular flexibility index (Phi) is 8.79. The lowest BCUT2D eigenvalue weighted by Crippen LogP contribution is -2.39. The van der Waals surface area contributed by atoms with E-state index in [9.17, 15) is 4.79 Å². The number of morpholine rings is 1. The summed E-state index contributed by atoms with van der Waals surface area (Å²) in [7, 11) is 3.26. The summed E-state index contributed by atoms with van der Waals surface area (Å²) in [6, 6.07) is 11.4. The summed E-state index contributed by atoms with van der Waals surface area (Å²) in [6.45, 7) is 7.43. The second-order valence-electron chi connectivity index (χ2n) is 8.25. The molecule has 0 N–H and O–H groups in total. The van der Waals surface area contributed by atoms with Crippen molar-refractivity contribution in [1.82, 2.24) is 9.88 Å². The Morgan fingerprint density at radius 3 is 2.49 bits per heavy atom. The minimum absolute atomic E-state index is 0.00753. The van der Waals surface area contributed by atoms with Gasteiger partial charge >= 0.3 is 0 Å². The van der Waals surface area contributed by atoms with Gasteiger partial charge < -0.3 is 18.9 Å². The molecule has 0 radical (unpaired) electrons. The molecule has 0 spiro atoms. The van der Waals surface area contributed by atoms with Crippen molar-refractivity contribution < 1.29 is 23.7 Å². The van der Waals surface area contributed by atoms with Crippen molar-refractivity contribution >= 4 is 32.6 Å². The van der Waals surface area contributed by atoms with Crippen LogP contribution in [0.4, 0.5) is 5.13 Å². The third kappa shape index (κ3) is 6.22. The summed E-state index contributed by atoms with van der Waals surface area (Å²) < 4.78 is 22.9. The van der Waals surface area contributed by atoms with Crippen LogP contribution in [0.25, 0.3) is 10.2 Å². The van der Waals surface area contributed by atoms with Crippen LogP contribution in [0.15, 0.2) is 36.4 Å². The quantitative estimate of drug-likeness (QED) is 0.395. The van der Waals surface area contributed by atoms with Gasteiger partial charge in [0.25, 0.3) is 0 Å². The predicted octanol–water partition coefficient (Wildman–Crippen LogP) is 4.01. The van der Waals surface area contributed by atoms with E-state index in [-0.39, 0.29) is 12.3 Å². The van der Waals surface area contributed by atoms with Gasteiger partial charge in [0.15, 0.2) is 5.13 Å². The number of nitrogens with zero attached hydrogens (tertiary/aromatic N) is 3. The first-order valence-corrected chi connectivity index (χ1v) is 12.8. The molecule has 1 aliphatic rings.